The van der Waals surface area contributed by atoms with Crippen LogP contribution < -0.4 is 5.63 Å². The molecule has 1 aromatic carbocycles. The SMILES string of the molecule is CN(C(=O)c1cc2ccccc2oc1=O)C1CCC(CO)CC1. The second-order valence-corrected chi connectivity index (χ2v) is 6.26. The van der Waals surface area contributed by atoms with Crippen molar-refractivity contribution in [2.75, 3.05) is 13.7 Å². The first-order chi connectivity index (χ1) is 11.1. The molecule has 0 bridgehead atoms. The van der Waals surface area contributed by atoms with Gasteiger partial charge in [-0.1, -0.05) is 18.2 Å². The van der Waals surface area contributed by atoms with E-state index >= 15 is 0 Å². The molecule has 1 N–H and O–H groups in total. The first kappa shape index (κ1) is 15.7. The van der Waals surface area contributed by atoms with Crippen molar-refractivity contribution in [1.82, 2.24) is 4.90 Å². The molecule has 3 rings (SSSR count). The van der Waals surface area contributed by atoms with Crippen molar-refractivity contribution < 1.29 is 14.3 Å². The second-order valence-electron chi connectivity index (χ2n) is 6.26. The van der Waals surface area contributed by atoms with E-state index in [1.54, 1.807) is 30.1 Å². The molecule has 1 amide bonds. The fraction of sp³-hybridized carbons (Fsp3) is 0.444. The topological polar surface area (TPSA) is 70.8 Å². The molecule has 1 heterocycles. The van der Waals surface area contributed by atoms with Crippen LogP contribution in [0.4, 0.5) is 0 Å². The van der Waals surface area contributed by atoms with Crippen molar-refractivity contribution in [3.8, 4) is 0 Å². The maximum absolute atomic E-state index is 12.7. The van der Waals surface area contributed by atoms with E-state index in [-0.39, 0.29) is 24.1 Å². The number of nitrogens with zero attached hydrogens (tertiary/aromatic N) is 1. The summed E-state index contributed by atoms with van der Waals surface area (Å²) >= 11 is 0. The number of para-hydroxylation sites is 1. The Morgan fingerprint density at radius 1 is 1.26 bits per heavy atom. The van der Waals surface area contributed by atoms with Crippen molar-refractivity contribution in [3.63, 3.8) is 0 Å². The average Bonchev–Trinajstić information content (AvgIpc) is 2.60. The normalized spacial score (nSPS) is 21.3. The molecule has 2 aromatic rings. The molecular formula is C18H21NO4. The minimum atomic E-state index is -0.593. The predicted molar refractivity (Wildman–Crippen MR) is 87.4 cm³/mol. The molecular weight excluding hydrogens is 294 g/mol. The number of fused-ring (bicyclic) bond motifs is 1. The molecule has 0 radical (unpaired) electrons. The fourth-order valence-electron chi connectivity index (χ4n) is 3.28. The molecule has 5 nitrogen and oxygen atoms in total. The van der Waals surface area contributed by atoms with Gasteiger partial charge in [0.15, 0.2) is 0 Å². The van der Waals surface area contributed by atoms with Crippen LogP contribution in [-0.2, 0) is 0 Å². The summed E-state index contributed by atoms with van der Waals surface area (Å²) in [6, 6.07) is 8.89. The molecule has 1 fully saturated rings. The van der Waals surface area contributed by atoms with Gasteiger partial charge in [-0.05, 0) is 43.7 Å². The van der Waals surface area contributed by atoms with Crippen LogP contribution in [0.25, 0.3) is 11.0 Å². The molecule has 0 atom stereocenters. The average molecular weight is 315 g/mol. The number of rotatable bonds is 3. The van der Waals surface area contributed by atoms with Gasteiger partial charge in [-0.25, -0.2) is 4.79 Å². The van der Waals surface area contributed by atoms with Crippen LogP contribution in [-0.4, -0.2) is 35.6 Å². The number of carbonyl (C=O) groups excluding carboxylic acids is 1. The van der Waals surface area contributed by atoms with E-state index in [4.69, 9.17) is 4.42 Å². The number of carbonyl (C=O) groups is 1. The summed E-state index contributed by atoms with van der Waals surface area (Å²) in [5, 5.41) is 9.95. The Bertz CT molecular complexity index is 759. The van der Waals surface area contributed by atoms with Gasteiger partial charge in [0.25, 0.3) is 5.91 Å². The predicted octanol–water partition coefficient (Wildman–Crippen LogP) is 2.42. The van der Waals surface area contributed by atoms with Crippen LogP contribution in [0, 0.1) is 5.92 Å². The highest BCUT2D eigenvalue weighted by Gasteiger charge is 2.28. The van der Waals surface area contributed by atoms with Crippen LogP contribution in [0.2, 0.25) is 0 Å². The summed E-state index contributed by atoms with van der Waals surface area (Å²) < 4.78 is 5.25. The van der Waals surface area contributed by atoms with E-state index < -0.39 is 5.63 Å². The second kappa shape index (κ2) is 6.54. The summed E-state index contributed by atoms with van der Waals surface area (Å²) in [5.41, 5.74) is -0.0276. The smallest absolute Gasteiger partial charge is 0.349 e. The molecule has 1 aromatic heterocycles. The van der Waals surface area contributed by atoms with Gasteiger partial charge >= 0.3 is 5.63 Å². The van der Waals surface area contributed by atoms with Crippen molar-refractivity contribution in [2.24, 2.45) is 5.92 Å². The lowest BCUT2D eigenvalue weighted by Gasteiger charge is -2.34. The molecule has 1 aliphatic rings. The third kappa shape index (κ3) is 3.15. The summed E-state index contributed by atoms with van der Waals surface area (Å²) in [6.07, 6.45) is 3.52. The fourth-order valence-corrected chi connectivity index (χ4v) is 3.28. The van der Waals surface area contributed by atoms with Gasteiger partial charge in [-0.2, -0.15) is 0 Å². The molecule has 0 unspecified atom stereocenters. The van der Waals surface area contributed by atoms with E-state index in [1.807, 2.05) is 12.1 Å². The Balaban J connectivity index is 1.82. The van der Waals surface area contributed by atoms with Crippen LogP contribution in [0.5, 0.6) is 0 Å². The Morgan fingerprint density at radius 2 is 1.96 bits per heavy atom. The van der Waals surface area contributed by atoms with Gasteiger partial charge in [0.05, 0.1) is 0 Å². The minimum absolute atomic E-state index is 0.0791. The van der Waals surface area contributed by atoms with Crippen LogP contribution >= 0.6 is 0 Å². The lowest BCUT2D eigenvalue weighted by molar-refractivity contribution is 0.0649. The maximum atomic E-state index is 12.7. The largest absolute Gasteiger partial charge is 0.422 e. The van der Waals surface area contributed by atoms with Gasteiger partial charge in [0.2, 0.25) is 0 Å². The maximum Gasteiger partial charge on any atom is 0.349 e. The molecule has 5 heteroatoms. The zero-order valence-electron chi connectivity index (χ0n) is 13.2. The molecule has 1 saturated carbocycles. The van der Waals surface area contributed by atoms with Crippen LogP contribution in [0.1, 0.15) is 36.0 Å². The first-order valence-electron chi connectivity index (χ1n) is 8.01. The molecule has 1 aliphatic carbocycles. The number of aliphatic hydroxyl groups excluding tert-OH is 1. The minimum Gasteiger partial charge on any atom is -0.422 e. The van der Waals surface area contributed by atoms with Crippen molar-refractivity contribution >= 4 is 16.9 Å². The van der Waals surface area contributed by atoms with Gasteiger partial charge < -0.3 is 14.4 Å². The number of aliphatic hydroxyl groups is 1. The molecule has 0 aliphatic heterocycles. The quantitative estimate of drug-likeness (QED) is 0.883. The van der Waals surface area contributed by atoms with Crippen molar-refractivity contribution in [2.45, 2.75) is 31.7 Å². The Labute approximate surface area is 134 Å². The Hall–Kier alpha value is -2.14. The zero-order chi connectivity index (χ0) is 16.4. The zero-order valence-corrected chi connectivity index (χ0v) is 13.2. The first-order valence-corrected chi connectivity index (χ1v) is 8.01. The summed E-state index contributed by atoms with van der Waals surface area (Å²) in [7, 11) is 1.74. The molecule has 0 spiro atoms. The third-order valence-electron chi connectivity index (χ3n) is 4.81. The van der Waals surface area contributed by atoms with Gasteiger partial charge in [0, 0.05) is 25.1 Å². The Kier molecular flexibility index (Phi) is 4.48. The lowest BCUT2D eigenvalue weighted by atomic mass is 9.86. The highest BCUT2D eigenvalue weighted by Crippen LogP contribution is 2.27. The van der Waals surface area contributed by atoms with Crippen molar-refractivity contribution in [1.29, 1.82) is 0 Å². The van der Waals surface area contributed by atoms with Gasteiger partial charge in [0.1, 0.15) is 11.1 Å². The monoisotopic (exact) mass is 315 g/mol. The van der Waals surface area contributed by atoms with Gasteiger partial charge in [-0.15, -0.1) is 0 Å². The highest BCUT2D eigenvalue weighted by atomic mass is 16.4. The molecule has 23 heavy (non-hydrogen) atoms. The summed E-state index contributed by atoms with van der Waals surface area (Å²) in [4.78, 5) is 26.4. The van der Waals surface area contributed by atoms with Gasteiger partial charge in [-0.3, -0.25) is 4.79 Å². The van der Waals surface area contributed by atoms with Crippen molar-refractivity contribution in [3.05, 3.63) is 46.3 Å². The van der Waals surface area contributed by atoms with Crippen LogP contribution in [0.3, 0.4) is 0 Å². The van der Waals surface area contributed by atoms with Crippen LogP contribution in [0.15, 0.2) is 39.5 Å². The Morgan fingerprint density at radius 3 is 2.65 bits per heavy atom. The summed E-state index contributed by atoms with van der Waals surface area (Å²) in [5.74, 6) is 0.0393. The standard InChI is InChI=1S/C18H21NO4/c1-19(14-8-6-12(11-20)7-9-14)17(21)15-10-13-4-2-3-5-16(13)23-18(15)22/h2-5,10,12,14,20H,6-9,11H2,1H3. The summed E-state index contributed by atoms with van der Waals surface area (Å²) in [6.45, 7) is 0.207. The van der Waals surface area contributed by atoms with E-state index in [2.05, 4.69) is 0 Å². The number of hydrogen-bond donors (Lipinski definition) is 1. The van der Waals surface area contributed by atoms with E-state index in [0.717, 1.165) is 31.1 Å². The lowest BCUT2D eigenvalue weighted by Crippen LogP contribution is -2.41. The molecule has 122 valence electrons. The molecule has 0 saturated heterocycles. The third-order valence-corrected chi connectivity index (χ3v) is 4.81. The number of benzene rings is 1. The van der Waals surface area contributed by atoms with E-state index in [0.29, 0.717) is 11.5 Å². The number of amides is 1. The highest BCUT2D eigenvalue weighted by molar-refractivity contribution is 5.96. The number of hydrogen-bond acceptors (Lipinski definition) is 4. The van der Waals surface area contributed by atoms with E-state index in [9.17, 15) is 14.7 Å². The van der Waals surface area contributed by atoms with E-state index in [1.165, 1.54) is 0 Å².